The Morgan fingerprint density at radius 3 is 2.50 bits per heavy atom. The normalized spacial score (nSPS) is 20.5. The Labute approximate surface area is 196 Å². The zero-order chi connectivity index (χ0) is 25.3. The number of nitrogens with zero attached hydrogens (tertiary/aromatic N) is 3. The number of morpholine rings is 1. The highest BCUT2D eigenvalue weighted by atomic mass is 31.2. The van der Waals surface area contributed by atoms with Gasteiger partial charge in [-0.1, -0.05) is 0 Å². The molecule has 2 unspecified atom stereocenters. The number of benzene rings is 1. The second-order valence-corrected chi connectivity index (χ2v) is 10.7. The summed E-state index contributed by atoms with van der Waals surface area (Å²) >= 11 is 0. The first-order valence-corrected chi connectivity index (χ1v) is 12.3. The minimum atomic E-state index is -4.86. The van der Waals surface area contributed by atoms with Crippen LogP contribution in [0, 0.1) is 11.2 Å². The SMILES string of the molecule is CC(=O)N(CC1CN(c2ccc(N3CCOCC3)c(F)c2)C(=O)O1)P(=O)(O)OC(=O)C(C)(C)C. The number of rotatable bonds is 6. The quantitative estimate of drug-likeness (QED) is 0.585. The van der Waals surface area contributed by atoms with Crippen molar-refractivity contribution in [3.8, 4) is 0 Å². The minimum absolute atomic E-state index is 0.105. The fourth-order valence-corrected chi connectivity index (χ4v) is 4.78. The molecule has 0 aromatic heterocycles. The lowest BCUT2D eigenvalue weighted by molar-refractivity contribution is -0.144. The number of cyclic esters (lactones) is 1. The number of anilines is 2. The van der Waals surface area contributed by atoms with Crippen molar-refractivity contribution >= 4 is 37.1 Å². The number of hydrogen-bond donors (Lipinski definition) is 1. The predicted octanol–water partition coefficient (Wildman–Crippen LogP) is 2.53. The van der Waals surface area contributed by atoms with Gasteiger partial charge < -0.3 is 18.9 Å². The predicted molar refractivity (Wildman–Crippen MR) is 120 cm³/mol. The van der Waals surface area contributed by atoms with E-state index >= 15 is 0 Å². The van der Waals surface area contributed by atoms with E-state index in [1.165, 1.54) is 31.7 Å². The van der Waals surface area contributed by atoms with Gasteiger partial charge in [0.25, 0.3) is 0 Å². The summed E-state index contributed by atoms with van der Waals surface area (Å²) < 4.78 is 43.1. The molecule has 1 N–H and O–H groups in total. The molecule has 3 rings (SSSR count). The van der Waals surface area contributed by atoms with Gasteiger partial charge in [-0.25, -0.2) is 18.4 Å². The Morgan fingerprint density at radius 2 is 1.94 bits per heavy atom. The van der Waals surface area contributed by atoms with E-state index in [2.05, 4.69) is 0 Å². The highest BCUT2D eigenvalue weighted by molar-refractivity contribution is 7.51. The van der Waals surface area contributed by atoms with Gasteiger partial charge in [-0.3, -0.25) is 19.4 Å². The van der Waals surface area contributed by atoms with E-state index in [0.29, 0.717) is 36.7 Å². The van der Waals surface area contributed by atoms with Crippen LogP contribution in [-0.2, 0) is 28.2 Å². The molecule has 1 aromatic carbocycles. The van der Waals surface area contributed by atoms with Gasteiger partial charge in [-0.05, 0) is 39.0 Å². The smallest absolute Gasteiger partial charge is 0.442 e. The molecular weight excluding hydrogens is 472 g/mol. The van der Waals surface area contributed by atoms with Crippen molar-refractivity contribution in [2.45, 2.75) is 33.8 Å². The Hall–Kier alpha value is -2.69. The third kappa shape index (κ3) is 5.86. The maximum Gasteiger partial charge on any atom is 0.490 e. The summed E-state index contributed by atoms with van der Waals surface area (Å²) in [5.74, 6) is -2.33. The zero-order valence-electron chi connectivity index (χ0n) is 19.5. The van der Waals surface area contributed by atoms with Crippen LogP contribution in [0.2, 0.25) is 0 Å². The summed E-state index contributed by atoms with van der Waals surface area (Å²) in [4.78, 5) is 49.9. The average molecular weight is 501 g/mol. The number of carbonyl (C=O) groups excluding carboxylic acids is 3. The highest BCUT2D eigenvalue weighted by Crippen LogP contribution is 2.48. The molecular formula is C21H29FN3O8P. The van der Waals surface area contributed by atoms with Crippen LogP contribution < -0.4 is 9.80 Å². The molecule has 2 fully saturated rings. The van der Waals surface area contributed by atoms with Gasteiger partial charge in [-0.2, -0.15) is 0 Å². The third-order valence-corrected chi connectivity index (χ3v) is 6.79. The molecule has 0 bridgehead atoms. The Balaban J connectivity index is 1.71. The zero-order valence-corrected chi connectivity index (χ0v) is 20.4. The molecule has 34 heavy (non-hydrogen) atoms. The summed E-state index contributed by atoms with van der Waals surface area (Å²) in [5, 5.41) is 0. The first kappa shape index (κ1) is 25.9. The maximum absolute atomic E-state index is 14.8. The number of halogens is 1. The maximum atomic E-state index is 14.8. The largest absolute Gasteiger partial charge is 0.490 e. The molecule has 0 radical (unpaired) electrons. The fraction of sp³-hybridized carbons (Fsp3) is 0.571. The van der Waals surface area contributed by atoms with E-state index in [1.807, 2.05) is 4.90 Å². The lowest BCUT2D eigenvalue weighted by atomic mass is 9.98. The number of amides is 2. The van der Waals surface area contributed by atoms with Crippen molar-refractivity contribution in [2.75, 3.05) is 49.2 Å². The first-order chi connectivity index (χ1) is 15.8. The molecule has 2 aliphatic rings. The molecule has 2 heterocycles. The number of ether oxygens (including phenoxy) is 2. The summed E-state index contributed by atoms with van der Waals surface area (Å²) in [7, 11) is -4.86. The summed E-state index contributed by atoms with van der Waals surface area (Å²) in [6.45, 7) is 7.00. The monoisotopic (exact) mass is 501 g/mol. The molecule has 0 saturated carbocycles. The molecule has 188 valence electrons. The molecule has 11 nitrogen and oxygen atoms in total. The Morgan fingerprint density at radius 1 is 1.29 bits per heavy atom. The van der Waals surface area contributed by atoms with Crippen molar-refractivity contribution in [3.63, 3.8) is 0 Å². The standard InChI is InChI=1S/C21H29FN3O8P/c1-14(26)25(34(29,30)33-19(27)21(2,3)4)13-16-12-24(20(28)32-16)15-5-6-18(17(22)11-15)23-7-9-31-10-8-23/h5-6,11,16H,7-10,12-13H2,1-4H3,(H,29,30). The van der Waals surface area contributed by atoms with Gasteiger partial charge in [0, 0.05) is 20.0 Å². The van der Waals surface area contributed by atoms with Gasteiger partial charge in [0.1, 0.15) is 11.9 Å². The van der Waals surface area contributed by atoms with E-state index in [4.69, 9.17) is 14.0 Å². The van der Waals surface area contributed by atoms with Crippen LogP contribution in [0.5, 0.6) is 0 Å². The Kier molecular flexibility index (Phi) is 7.54. The molecule has 2 atom stereocenters. The molecule has 1 aromatic rings. The fourth-order valence-electron chi connectivity index (χ4n) is 3.45. The van der Waals surface area contributed by atoms with Crippen LogP contribution in [0.3, 0.4) is 0 Å². The van der Waals surface area contributed by atoms with E-state index in [-0.39, 0.29) is 12.2 Å². The van der Waals surface area contributed by atoms with Crippen molar-refractivity contribution in [3.05, 3.63) is 24.0 Å². The minimum Gasteiger partial charge on any atom is -0.442 e. The highest BCUT2D eigenvalue weighted by Gasteiger charge is 2.43. The first-order valence-electron chi connectivity index (χ1n) is 10.8. The topological polar surface area (TPSA) is 126 Å². The van der Waals surface area contributed by atoms with Crippen molar-refractivity contribution in [1.29, 1.82) is 0 Å². The van der Waals surface area contributed by atoms with E-state index in [1.54, 1.807) is 12.1 Å². The van der Waals surface area contributed by atoms with Crippen LogP contribution in [0.25, 0.3) is 0 Å². The van der Waals surface area contributed by atoms with E-state index < -0.39 is 49.6 Å². The van der Waals surface area contributed by atoms with E-state index in [9.17, 15) is 28.2 Å². The van der Waals surface area contributed by atoms with Crippen LogP contribution in [0.1, 0.15) is 27.7 Å². The van der Waals surface area contributed by atoms with Crippen molar-refractivity contribution < 1.29 is 42.2 Å². The molecule has 0 aliphatic carbocycles. The summed E-state index contributed by atoms with van der Waals surface area (Å²) in [5.41, 5.74) is -0.446. The Bertz CT molecular complexity index is 1010. The summed E-state index contributed by atoms with van der Waals surface area (Å²) in [6, 6.07) is 4.34. The van der Waals surface area contributed by atoms with Gasteiger partial charge >= 0.3 is 19.8 Å². The van der Waals surface area contributed by atoms with Gasteiger partial charge in [-0.15, -0.1) is 0 Å². The lowest BCUT2D eigenvalue weighted by Crippen LogP contribution is -2.37. The van der Waals surface area contributed by atoms with Crippen molar-refractivity contribution in [1.82, 2.24) is 4.67 Å². The molecule has 2 saturated heterocycles. The molecule has 2 amide bonds. The van der Waals surface area contributed by atoms with Crippen LogP contribution in [-0.4, -0.2) is 73.0 Å². The van der Waals surface area contributed by atoms with Gasteiger partial charge in [0.2, 0.25) is 5.91 Å². The van der Waals surface area contributed by atoms with Gasteiger partial charge in [0.05, 0.1) is 43.1 Å². The molecule has 0 spiro atoms. The molecule has 13 heteroatoms. The second kappa shape index (κ2) is 9.89. The van der Waals surface area contributed by atoms with Crippen LogP contribution >= 0.6 is 7.75 Å². The lowest BCUT2D eigenvalue weighted by Gasteiger charge is -2.29. The van der Waals surface area contributed by atoms with Gasteiger partial charge in [0.15, 0.2) is 0 Å². The summed E-state index contributed by atoms with van der Waals surface area (Å²) in [6.07, 6.45) is -1.81. The number of hydrogen-bond acceptors (Lipinski definition) is 8. The average Bonchev–Trinajstić information content (AvgIpc) is 3.11. The van der Waals surface area contributed by atoms with Crippen molar-refractivity contribution in [2.24, 2.45) is 5.41 Å². The second-order valence-electron chi connectivity index (χ2n) is 9.07. The van der Waals surface area contributed by atoms with Crippen LogP contribution in [0.15, 0.2) is 18.2 Å². The van der Waals surface area contributed by atoms with Crippen LogP contribution in [0.4, 0.5) is 20.6 Å². The number of carbonyl (C=O) groups is 3. The molecule has 2 aliphatic heterocycles. The third-order valence-electron chi connectivity index (χ3n) is 5.33. The van der Waals surface area contributed by atoms with E-state index in [0.717, 1.165) is 6.92 Å².